The molecule has 0 aromatic heterocycles. The van der Waals surface area contributed by atoms with E-state index in [1.54, 1.807) is 0 Å². The number of hydrogen-bond acceptors (Lipinski definition) is 1. The average molecular weight is 245 g/mol. The molecule has 0 fully saturated rings. The van der Waals surface area contributed by atoms with Crippen LogP contribution in [0.2, 0.25) is 0 Å². The second-order valence-electron chi connectivity index (χ2n) is 3.47. The van der Waals surface area contributed by atoms with Crippen LogP contribution in [0.15, 0.2) is 29.3 Å². The zero-order valence-electron chi connectivity index (χ0n) is 9.38. The predicted octanol–water partition coefficient (Wildman–Crippen LogP) is 2.84. The Labute approximate surface area is 97.5 Å². The third-order valence-electron chi connectivity index (χ3n) is 1.99. The van der Waals surface area contributed by atoms with Crippen molar-refractivity contribution in [1.82, 2.24) is 0 Å². The van der Waals surface area contributed by atoms with E-state index in [0.29, 0.717) is 12.2 Å². The SMILES string of the molecule is CCCN=C(N)Nc1ccc(C(F)(F)F)cc1. The number of nitrogens with zero attached hydrogens (tertiary/aromatic N) is 1. The minimum atomic E-state index is -4.32. The van der Waals surface area contributed by atoms with Crippen molar-refractivity contribution in [3.05, 3.63) is 29.8 Å². The van der Waals surface area contributed by atoms with Gasteiger partial charge in [-0.2, -0.15) is 13.2 Å². The summed E-state index contributed by atoms with van der Waals surface area (Å²) in [6.45, 7) is 2.54. The summed E-state index contributed by atoms with van der Waals surface area (Å²) in [5, 5.41) is 2.72. The Hall–Kier alpha value is -1.72. The number of nitrogens with two attached hydrogens (primary N) is 1. The smallest absolute Gasteiger partial charge is 0.370 e. The number of alkyl halides is 3. The third-order valence-corrected chi connectivity index (χ3v) is 1.99. The summed E-state index contributed by atoms with van der Waals surface area (Å²) in [7, 11) is 0. The quantitative estimate of drug-likeness (QED) is 0.635. The Morgan fingerprint density at radius 3 is 2.35 bits per heavy atom. The number of nitrogens with one attached hydrogen (secondary N) is 1. The van der Waals surface area contributed by atoms with Gasteiger partial charge < -0.3 is 11.1 Å². The van der Waals surface area contributed by atoms with E-state index in [2.05, 4.69) is 10.3 Å². The van der Waals surface area contributed by atoms with Gasteiger partial charge in [0.2, 0.25) is 0 Å². The van der Waals surface area contributed by atoms with Crippen LogP contribution < -0.4 is 11.1 Å². The fraction of sp³-hybridized carbons (Fsp3) is 0.364. The summed E-state index contributed by atoms with van der Waals surface area (Å²) in [6, 6.07) is 4.62. The van der Waals surface area contributed by atoms with E-state index in [4.69, 9.17) is 5.73 Å². The summed E-state index contributed by atoms with van der Waals surface area (Å²) < 4.78 is 36.8. The molecule has 0 saturated carbocycles. The van der Waals surface area contributed by atoms with Gasteiger partial charge in [-0.25, -0.2) is 0 Å². The number of rotatable bonds is 3. The minimum absolute atomic E-state index is 0.201. The molecule has 0 aliphatic rings. The van der Waals surface area contributed by atoms with Crippen LogP contribution in [0.25, 0.3) is 0 Å². The maximum absolute atomic E-state index is 12.3. The number of anilines is 1. The van der Waals surface area contributed by atoms with Crippen molar-refractivity contribution in [2.75, 3.05) is 11.9 Å². The van der Waals surface area contributed by atoms with E-state index < -0.39 is 11.7 Å². The third kappa shape index (κ3) is 4.34. The molecular formula is C11H14F3N3. The van der Waals surface area contributed by atoms with Crippen LogP contribution in [0.5, 0.6) is 0 Å². The molecule has 17 heavy (non-hydrogen) atoms. The first-order valence-electron chi connectivity index (χ1n) is 5.17. The molecular weight excluding hydrogens is 231 g/mol. The van der Waals surface area contributed by atoms with Crippen LogP contribution in [-0.2, 0) is 6.18 Å². The summed E-state index contributed by atoms with van der Waals surface area (Å²) in [5.74, 6) is 0.201. The molecule has 0 aliphatic carbocycles. The van der Waals surface area contributed by atoms with Crippen molar-refractivity contribution < 1.29 is 13.2 Å². The Kier molecular flexibility index (Phi) is 4.37. The first-order valence-corrected chi connectivity index (χ1v) is 5.17. The van der Waals surface area contributed by atoms with E-state index in [-0.39, 0.29) is 5.96 Å². The van der Waals surface area contributed by atoms with Crippen LogP contribution in [0.3, 0.4) is 0 Å². The van der Waals surface area contributed by atoms with Crippen LogP contribution in [-0.4, -0.2) is 12.5 Å². The van der Waals surface area contributed by atoms with E-state index in [1.807, 2.05) is 6.92 Å². The second-order valence-corrected chi connectivity index (χ2v) is 3.47. The Balaban J connectivity index is 2.69. The second kappa shape index (κ2) is 5.56. The van der Waals surface area contributed by atoms with Crippen LogP contribution in [0.1, 0.15) is 18.9 Å². The fourth-order valence-electron chi connectivity index (χ4n) is 1.16. The number of benzene rings is 1. The normalized spacial score (nSPS) is 12.6. The van der Waals surface area contributed by atoms with Crippen LogP contribution >= 0.6 is 0 Å². The highest BCUT2D eigenvalue weighted by molar-refractivity contribution is 5.92. The summed E-state index contributed by atoms with van der Waals surface area (Å²) in [4.78, 5) is 3.97. The maximum atomic E-state index is 12.3. The standard InChI is InChI=1S/C11H14F3N3/c1-2-7-16-10(15)17-9-5-3-8(4-6-9)11(12,13)14/h3-6H,2,7H2,1H3,(H3,15,16,17). The molecule has 0 bridgehead atoms. The summed E-state index contributed by atoms with van der Waals surface area (Å²) in [5.41, 5.74) is 5.33. The molecule has 0 spiro atoms. The largest absolute Gasteiger partial charge is 0.416 e. The van der Waals surface area contributed by atoms with Crippen molar-refractivity contribution in [1.29, 1.82) is 0 Å². The van der Waals surface area contributed by atoms with Gasteiger partial charge in [-0.3, -0.25) is 4.99 Å². The molecule has 0 aliphatic heterocycles. The van der Waals surface area contributed by atoms with Crippen molar-refractivity contribution in [2.45, 2.75) is 19.5 Å². The molecule has 1 aromatic carbocycles. The zero-order valence-corrected chi connectivity index (χ0v) is 9.38. The van der Waals surface area contributed by atoms with Gasteiger partial charge in [-0.1, -0.05) is 6.92 Å². The lowest BCUT2D eigenvalue weighted by Gasteiger charge is -2.08. The lowest BCUT2D eigenvalue weighted by Crippen LogP contribution is -2.22. The van der Waals surface area contributed by atoms with Gasteiger partial charge in [0.1, 0.15) is 0 Å². The first-order chi connectivity index (χ1) is 7.93. The molecule has 3 nitrogen and oxygen atoms in total. The molecule has 0 heterocycles. The molecule has 3 N–H and O–H groups in total. The highest BCUT2D eigenvalue weighted by Crippen LogP contribution is 2.29. The van der Waals surface area contributed by atoms with Gasteiger partial charge in [-0.05, 0) is 30.7 Å². The minimum Gasteiger partial charge on any atom is -0.370 e. The highest BCUT2D eigenvalue weighted by atomic mass is 19.4. The maximum Gasteiger partial charge on any atom is 0.416 e. The average Bonchev–Trinajstić information content (AvgIpc) is 2.26. The highest BCUT2D eigenvalue weighted by Gasteiger charge is 2.29. The van der Waals surface area contributed by atoms with Gasteiger partial charge in [0.05, 0.1) is 5.56 Å². The molecule has 6 heteroatoms. The molecule has 0 saturated heterocycles. The molecule has 94 valence electrons. The number of halogens is 3. The van der Waals surface area contributed by atoms with Crippen molar-refractivity contribution in [3.8, 4) is 0 Å². The Morgan fingerprint density at radius 1 is 1.29 bits per heavy atom. The summed E-state index contributed by atoms with van der Waals surface area (Å²) >= 11 is 0. The molecule has 0 atom stereocenters. The van der Waals surface area contributed by atoms with Crippen LogP contribution in [0, 0.1) is 0 Å². The van der Waals surface area contributed by atoms with Gasteiger partial charge in [0, 0.05) is 12.2 Å². The van der Waals surface area contributed by atoms with Crippen molar-refractivity contribution in [2.24, 2.45) is 10.7 Å². The van der Waals surface area contributed by atoms with E-state index in [0.717, 1.165) is 18.6 Å². The van der Waals surface area contributed by atoms with Gasteiger partial charge in [0.25, 0.3) is 0 Å². The van der Waals surface area contributed by atoms with E-state index >= 15 is 0 Å². The molecule has 0 radical (unpaired) electrons. The lowest BCUT2D eigenvalue weighted by molar-refractivity contribution is -0.137. The molecule has 1 rings (SSSR count). The Bertz CT molecular complexity index is 382. The lowest BCUT2D eigenvalue weighted by atomic mass is 10.2. The molecule has 0 amide bonds. The first kappa shape index (κ1) is 13.3. The van der Waals surface area contributed by atoms with Gasteiger partial charge in [-0.15, -0.1) is 0 Å². The van der Waals surface area contributed by atoms with Gasteiger partial charge >= 0.3 is 6.18 Å². The van der Waals surface area contributed by atoms with Crippen LogP contribution in [0.4, 0.5) is 18.9 Å². The van der Waals surface area contributed by atoms with E-state index in [9.17, 15) is 13.2 Å². The summed E-state index contributed by atoms with van der Waals surface area (Å²) in [6.07, 6.45) is -3.46. The number of aliphatic imine (C=N–C) groups is 1. The molecule has 0 unspecified atom stereocenters. The predicted molar refractivity (Wildman–Crippen MR) is 61.8 cm³/mol. The van der Waals surface area contributed by atoms with Crippen molar-refractivity contribution in [3.63, 3.8) is 0 Å². The Morgan fingerprint density at radius 2 is 1.88 bits per heavy atom. The molecule has 1 aromatic rings. The zero-order chi connectivity index (χ0) is 12.9. The number of hydrogen-bond donors (Lipinski definition) is 2. The topological polar surface area (TPSA) is 50.4 Å². The van der Waals surface area contributed by atoms with Gasteiger partial charge in [0.15, 0.2) is 5.96 Å². The fourth-order valence-corrected chi connectivity index (χ4v) is 1.16. The van der Waals surface area contributed by atoms with E-state index in [1.165, 1.54) is 12.1 Å². The number of guanidine groups is 1. The van der Waals surface area contributed by atoms with Crippen molar-refractivity contribution >= 4 is 11.6 Å². The monoisotopic (exact) mass is 245 g/mol.